The summed E-state index contributed by atoms with van der Waals surface area (Å²) < 4.78 is 0. The van der Waals surface area contributed by atoms with Crippen LogP contribution in [0, 0.1) is 0 Å². The summed E-state index contributed by atoms with van der Waals surface area (Å²) in [5.74, 6) is 0. The molecule has 0 aromatic carbocycles. The molecule has 0 heterocycles. The Morgan fingerprint density at radius 2 is 2.00 bits per heavy atom. The van der Waals surface area contributed by atoms with Crippen LogP contribution in [0.4, 0.5) is 0 Å². The van der Waals surface area contributed by atoms with Gasteiger partial charge in [-0.15, -0.1) is 0 Å². The first-order valence-corrected chi connectivity index (χ1v) is 2.44. The summed E-state index contributed by atoms with van der Waals surface area (Å²) in [5.41, 5.74) is 1.10. The summed E-state index contributed by atoms with van der Waals surface area (Å²) in [6, 6.07) is 0. The van der Waals surface area contributed by atoms with Gasteiger partial charge in [0, 0.05) is 0 Å². The van der Waals surface area contributed by atoms with E-state index < -0.39 is 6.10 Å². The molecular weight excluding hydrogens is 88.1 g/mol. The predicted octanol–water partition coefficient (Wildman–Crippen LogP) is 1.77. The zero-order chi connectivity index (χ0) is 5.86. The largest absolute Gasteiger partial charge is 0.229 e. The fraction of sp³-hybridized carbons (Fsp3) is 0.667. The lowest BCUT2D eigenvalue weighted by atomic mass is 10.2. The van der Waals surface area contributed by atoms with Crippen LogP contribution in [-0.4, -0.2) is 6.10 Å². The molecule has 0 aliphatic heterocycles. The van der Waals surface area contributed by atoms with Crippen molar-refractivity contribution in [2.45, 2.75) is 26.9 Å². The fourth-order valence-electron chi connectivity index (χ4n) is 0.469. The monoisotopic (exact) mass is 99.1 g/mol. The van der Waals surface area contributed by atoms with Crippen molar-refractivity contribution >= 4 is 0 Å². The summed E-state index contributed by atoms with van der Waals surface area (Å²) >= 11 is 0. The van der Waals surface area contributed by atoms with Crippen LogP contribution >= 0.6 is 0 Å². The molecule has 0 amide bonds. The van der Waals surface area contributed by atoms with E-state index in [1.54, 1.807) is 13.0 Å². The number of hydrogen-bond donors (Lipinski definition) is 0. The Morgan fingerprint density at radius 1 is 1.57 bits per heavy atom. The van der Waals surface area contributed by atoms with E-state index in [9.17, 15) is 5.11 Å². The SMILES string of the molecule is CC(C)=CC(C)[O]. The minimum Gasteiger partial charge on any atom is -0.229 e. The Bertz CT molecular complexity index is 68.2. The molecule has 7 heavy (non-hydrogen) atoms. The Kier molecular flexibility index (Phi) is 2.68. The van der Waals surface area contributed by atoms with Gasteiger partial charge in [0.25, 0.3) is 0 Å². The minimum atomic E-state index is -0.537. The van der Waals surface area contributed by atoms with Crippen molar-refractivity contribution in [3.8, 4) is 0 Å². The molecular formula is C6H11O. The maximum atomic E-state index is 10.3. The standard InChI is InChI=1S/C6H11O/c1-5(2)4-6(3)7/h4,6H,1-3H3. The summed E-state index contributed by atoms with van der Waals surface area (Å²) in [7, 11) is 0. The van der Waals surface area contributed by atoms with Crippen LogP contribution < -0.4 is 0 Å². The van der Waals surface area contributed by atoms with E-state index in [2.05, 4.69) is 0 Å². The number of allylic oxidation sites excluding steroid dienone is 1. The summed E-state index contributed by atoms with van der Waals surface area (Å²) in [4.78, 5) is 0. The Labute approximate surface area is 44.7 Å². The lowest BCUT2D eigenvalue weighted by molar-refractivity contribution is 0.146. The molecule has 41 valence electrons. The van der Waals surface area contributed by atoms with Crippen LogP contribution in [0.5, 0.6) is 0 Å². The maximum absolute atomic E-state index is 10.3. The van der Waals surface area contributed by atoms with E-state index in [0.717, 1.165) is 5.57 Å². The van der Waals surface area contributed by atoms with Crippen LogP contribution in [0.15, 0.2) is 11.6 Å². The van der Waals surface area contributed by atoms with Gasteiger partial charge < -0.3 is 0 Å². The highest BCUT2D eigenvalue weighted by Crippen LogP contribution is 1.91. The van der Waals surface area contributed by atoms with Gasteiger partial charge in [0.15, 0.2) is 0 Å². The molecule has 0 rings (SSSR count). The second-order valence-corrected chi connectivity index (χ2v) is 1.95. The van der Waals surface area contributed by atoms with Crippen molar-refractivity contribution in [1.29, 1.82) is 0 Å². The first-order chi connectivity index (χ1) is 3.13. The lowest BCUT2D eigenvalue weighted by Crippen LogP contribution is -1.89. The van der Waals surface area contributed by atoms with Crippen LogP contribution in [0.2, 0.25) is 0 Å². The van der Waals surface area contributed by atoms with Gasteiger partial charge in [-0.3, -0.25) is 0 Å². The molecule has 0 fully saturated rings. The lowest BCUT2D eigenvalue weighted by Gasteiger charge is -1.89. The molecule has 0 aliphatic carbocycles. The van der Waals surface area contributed by atoms with E-state index in [1.165, 1.54) is 0 Å². The second-order valence-electron chi connectivity index (χ2n) is 1.95. The van der Waals surface area contributed by atoms with Gasteiger partial charge in [0.2, 0.25) is 0 Å². The fourth-order valence-corrected chi connectivity index (χ4v) is 0.469. The summed E-state index contributed by atoms with van der Waals surface area (Å²) in [5, 5.41) is 10.3. The van der Waals surface area contributed by atoms with Crippen molar-refractivity contribution in [1.82, 2.24) is 0 Å². The van der Waals surface area contributed by atoms with Crippen molar-refractivity contribution < 1.29 is 5.11 Å². The third kappa shape index (κ3) is 5.70. The van der Waals surface area contributed by atoms with Gasteiger partial charge in [0.05, 0.1) is 0 Å². The van der Waals surface area contributed by atoms with Crippen LogP contribution in [0.1, 0.15) is 20.8 Å². The molecule has 0 N–H and O–H groups in total. The Hall–Kier alpha value is -0.300. The highest BCUT2D eigenvalue weighted by atomic mass is 16.3. The quantitative estimate of drug-likeness (QED) is 0.446. The third-order valence-corrected chi connectivity index (χ3v) is 0.568. The number of hydrogen-bond acceptors (Lipinski definition) is 0. The van der Waals surface area contributed by atoms with Crippen molar-refractivity contribution in [3.63, 3.8) is 0 Å². The zero-order valence-corrected chi connectivity index (χ0v) is 5.06. The Morgan fingerprint density at radius 3 is 2.00 bits per heavy atom. The van der Waals surface area contributed by atoms with E-state index in [-0.39, 0.29) is 0 Å². The van der Waals surface area contributed by atoms with E-state index in [0.29, 0.717) is 0 Å². The highest BCUT2D eigenvalue weighted by Gasteiger charge is 1.86. The van der Waals surface area contributed by atoms with E-state index in [4.69, 9.17) is 0 Å². The first-order valence-electron chi connectivity index (χ1n) is 2.44. The van der Waals surface area contributed by atoms with Crippen LogP contribution in [-0.2, 0) is 5.11 Å². The topological polar surface area (TPSA) is 19.9 Å². The first kappa shape index (κ1) is 6.70. The van der Waals surface area contributed by atoms with Crippen LogP contribution in [0.3, 0.4) is 0 Å². The van der Waals surface area contributed by atoms with Gasteiger partial charge in [-0.05, 0) is 20.8 Å². The molecule has 0 aliphatic rings. The molecule has 1 atom stereocenters. The average Bonchev–Trinajstić information content (AvgIpc) is 1.27. The molecule has 0 aromatic heterocycles. The second kappa shape index (κ2) is 2.80. The molecule has 1 unspecified atom stereocenters. The average molecular weight is 99.2 g/mol. The normalized spacial score (nSPS) is 13.1. The van der Waals surface area contributed by atoms with Gasteiger partial charge in [-0.2, -0.15) is 0 Å². The molecule has 0 spiro atoms. The molecule has 1 radical (unpaired) electrons. The molecule has 0 aromatic rings. The zero-order valence-electron chi connectivity index (χ0n) is 5.06. The smallest absolute Gasteiger partial charge is 0.109 e. The molecule has 0 saturated carbocycles. The van der Waals surface area contributed by atoms with Crippen molar-refractivity contribution in [3.05, 3.63) is 11.6 Å². The summed E-state index contributed by atoms with van der Waals surface area (Å²) in [6.07, 6.45) is 1.16. The molecule has 0 bridgehead atoms. The van der Waals surface area contributed by atoms with Crippen molar-refractivity contribution in [2.24, 2.45) is 0 Å². The molecule has 1 nitrogen and oxygen atoms in total. The van der Waals surface area contributed by atoms with E-state index >= 15 is 0 Å². The third-order valence-electron chi connectivity index (χ3n) is 0.568. The van der Waals surface area contributed by atoms with Gasteiger partial charge in [-0.1, -0.05) is 11.6 Å². The van der Waals surface area contributed by atoms with E-state index in [1.807, 2.05) is 13.8 Å². The van der Waals surface area contributed by atoms with Crippen molar-refractivity contribution in [2.75, 3.05) is 0 Å². The maximum Gasteiger partial charge on any atom is 0.109 e. The Balaban J connectivity index is 3.45. The molecule has 1 heteroatoms. The highest BCUT2D eigenvalue weighted by molar-refractivity contribution is 4.95. The van der Waals surface area contributed by atoms with Gasteiger partial charge in [0.1, 0.15) is 6.10 Å². The van der Waals surface area contributed by atoms with Gasteiger partial charge >= 0.3 is 0 Å². The predicted molar refractivity (Wildman–Crippen MR) is 29.6 cm³/mol. The van der Waals surface area contributed by atoms with Gasteiger partial charge in [-0.25, -0.2) is 5.11 Å². The van der Waals surface area contributed by atoms with Crippen LogP contribution in [0.25, 0.3) is 0 Å². The summed E-state index contributed by atoms with van der Waals surface area (Å²) in [6.45, 7) is 5.48. The molecule has 0 saturated heterocycles. The number of rotatable bonds is 1. The minimum absolute atomic E-state index is 0.537.